The van der Waals surface area contributed by atoms with Gasteiger partial charge in [0, 0.05) is 16.9 Å². The van der Waals surface area contributed by atoms with E-state index in [1.807, 2.05) is 12.1 Å². The lowest BCUT2D eigenvalue weighted by Crippen LogP contribution is -2.04. The van der Waals surface area contributed by atoms with Crippen LogP contribution < -0.4 is 0 Å². The number of hydrogen-bond donors (Lipinski definition) is 0. The third-order valence-electron chi connectivity index (χ3n) is 4.35. The van der Waals surface area contributed by atoms with Crippen LogP contribution in [0.4, 0.5) is 0 Å². The lowest BCUT2D eigenvalue weighted by atomic mass is 9.85. The molecule has 2 aliphatic rings. The molecule has 0 amide bonds. The summed E-state index contributed by atoms with van der Waals surface area (Å²) < 4.78 is 0. The van der Waals surface area contributed by atoms with Crippen LogP contribution in [0.3, 0.4) is 0 Å². The van der Waals surface area contributed by atoms with Crippen molar-refractivity contribution in [2.24, 2.45) is 0 Å². The van der Waals surface area contributed by atoms with Gasteiger partial charge in [-0.2, -0.15) is 0 Å². The highest BCUT2D eigenvalue weighted by Crippen LogP contribution is 2.43. The van der Waals surface area contributed by atoms with E-state index in [0.717, 1.165) is 29.7 Å². The van der Waals surface area contributed by atoms with Crippen LogP contribution >= 0.6 is 11.3 Å². The molecule has 0 saturated carbocycles. The zero-order valence-electron chi connectivity index (χ0n) is 11.3. The average molecular weight is 282 g/mol. The smallest absolute Gasteiger partial charge is 0.169 e. The Morgan fingerprint density at radius 3 is 2.75 bits per heavy atom. The maximum absolute atomic E-state index is 11.9. The summed E-state index contributed by atoms with van der Waals surface area (Å²) in [5.41, 5.74) is 5.89. The molecule has 2 aliphatic carbocycles. The first-order valence-corrected chi connectivity index (χ1v) is 7.79. The summed E-state index contributed by atoms with van der Waals surface area (Å²) in [4.78, 5) is 25.7. The molecule has 1 aromatic heterocycles. The third-order valence-corrected chi connectivity index (χ3v) is 5.64. The molecule has 0 bridgehead atoms. The minimum absolute atomic E-state index is 0.134. The van der Waals surface area contributed by atoms with E-state index in [0.29, 0.717) is 6.42 Å². The van der Waals surface area contributed by atoms with Gasteiger partial charge in [0.2, 0.25) is 0 Å². The van der Waals surface area contributed by atoms with Gasteiger partial charge < -0.3 is 0 Å². The fraction of sp³-hybridized carbons (Fsp3) is 0.294. The van der Waals surface area contributed by atoms with E-state index in [1.54, 1.807) is 18.3 Å². The standard InChI is InChI=1S/C17H14O2S/c1-9(18)16-8-13-15(20-16)7-3-10-2-4-11-12(17(10)13)5-6-14(11)19/h2,4,8H,3,5-7H2,1H3. The number of Topliss-reactive ketones (excluding diaryl/α,β-unsaturated/α-hetero) is 2. The quantitative estimate of drug-likeness (QED) is 0.745. The fourth-order valence-electron chi connectivity index (χ4n) is 3.38. The van der Waals surface area contributed by atoms with Gasteiger partial charge in [0.05, 0.1) is 4.88 Å². The van der Waals surface area contributed by atoms with Crippen LogP contribution in [0, 0.1) is 0 Å². The molecule has 3 heteroatoms. The van der Waals surface area contributed by atoms with Crippen LogP contribution in [0.5, 0.6) is 0 Å². The lowest BCUT2D eigenvalue weighted by Gasteiger charge is -2.19. The van der Waals surface area contributed by atoms with Crippen molar-refractivity contribution in [3.63, 3.8) is 0 Å². The molecule has 20 heavy (non-hydrogen) atoms. The number of fused-ring (bicyclic) bond motifs is 5. The molecule has 100 valence electrons. The monoisotopic (exact) mass is 282 g/mol. The van der Waals surface area contributed by atoms with Crippen LogP contribution in [0.1, 0.15) is 49.4 Å². The molecule has 2 nitrogen and oxygen atoms in total. The van der Waals surface area contributed by atoms with Crippen molar-refractivity contribution in [1.29, 1.82) is 0 Å². The number of ketones is 2. The van der Waals surface area contributed by atoms with Gasteiger partial charge in [0.15, 0.2) is 11.6 Å². The predicted molar refractivity (Wildman–Crippen MR) is 79.8 cm³/mol. The molecule has 0 spiro atoms. The summed E-state index contributed by atoms with van der Waals surface area (Å²) in [6, 6.07) is 6.13. The van der Waals surface area contributed by atoms with Crippen molar-refractivity contribution in [3.8, 4) is 11.1 Å². The summed E-state index contributed by atoms with van der Waals surface area (Å²) in [7, 11) is 0. The highest BCUT2D eigenvalue weighted by atomic mass is 32.1. The van der Waals surface area contributed by atoms with Crippen molar-refractivity contribution in [2.75, 3.05) is 0 Å². The summed E-state index contributed by atoms with van der Waals surface area (Å²) >= 11 is 1.62. The molecule has 4 rings (SSSR count). The first kappa shape index (κ1) is 12.0. The fourth-order valence-corrected chi connectivity index (χ4v) is 4.44. The maximum Gasteiger partial charge on any atom is 0.169 e. The number of thiophene rings is 1. The first-order chi connectivity index (χ1) is 9.65. The Kier molecular flexibility index (Phi) is 2.48. The van der Waals surface area contributed by atoms with Crippen LogP contribution in [0.25, 0.3) is 11.1 Å². The Balaban J connectivity index is 1.99. The largest absolute Gasteiger partial charge is 0.294 e. The minimum Gasteiger partial charge on any atom is -0.294 e. The number of rotatable bonds is 1. The zero-order valence-corrected chi connectivity index (χ0v) is 12.1. The second kappa shape index (κ2) is 4.13. The number of hydrogen-bond acceptors (Lipinski definition) is 3. The van der Waals surface area contributed by atoms with Crippen molar-refractivity contribution >= 4 is 22.9 Å². The Bertz CT molecular complexity index is 768. The molecule has 0 atom stereocenters. The lowest BCUT2D eigenvalue weighted by molar-refractivity contribution is 0.0992. The second-order valence-electron chi connectivity index (χ2n) is 5.55. The Morgan fingerprint density at radius 2 is 1.95 bits per heavy atom. The normalized spacial score (nSPS) is 15.8. The van der Waals surface area contributed by atoms with E-state index in [1.165, 1.54) is 27.1 Å². The van der Waals surface area contributed by atoms with Gasteiger partial charge in [-0.05, 0) is 54.5 Å². The summed E-state index contributed by atoms with van der Waals surface area (Å²) in [5.74, 6) is 0.395. The molecule has 0 radical (unpaired) electrons. The predicted octanol–water partition coefficient (Wildman–Crippen LogP) is 3.85. The molecule has 0 unspecified atom stereocenters. The Hall–Kier alpha value is -1.74. The molecule has 0 N–H and O–H groups in total. The van der Waals surface area contributed by atoms with E-state index in [9.17, 15) is 9.59 Å². The molecule has 1 aromatic carbocycles. The van der Waals surface area contributed by atoms with Crippen LogP contribution in [-0.4, -0.2) is 11.6 Å². The highest BCUT2D eigenvalue weighted by Gasteiger charge is 2.29. The SMILES string of the molecule is CC(=O)c1cc2c(s1)CCc1ccc3c(c1-2)CCC3=O. The number of aryl methyl sites for hydroxylation is 2. The zero-order chi connectivity index (χ0) is 13.9. The maximum atomic E-state index is 11.9. The van der Waals surface area contributed by atoms with Gasteiger partial charge in [-0.3, -0.25) is 9.59 Å². The molecule has 1 heterocycles. The van der Waals surface area contributed by atoms with Gasteiger partial charge in [-0.1, -0.05) is 12.1 Å². The van der Waals surface area contributed by atoms with E-state index >= 15 is 0 Å². The second-order valence-corrected chi connectivity index (χ2v) is 6.69. The average Bonchev–Trinajstić information content (AvgIpc) is 3.02. The molecule has 0 aliphatic heterocycles. The molecule has 0 fully saturated rings. The van der Waals surface area contributed by atoms with E-state index in [-0.39, 0.29) is 11.6 Å². The van der Waals surface area contributed by atoms with Gasteiger partial charge in [-0.15, -0.1) is 11.3 Å². The molecule has 0 saturated heterocycles. The first-order valence-electron chi connectivity index (χ1n) is 6.97. The van der Waals surface area contributed by atoms with Crippen LogP contribution in [0.15, 0.2) is 18.2 Å². The van der Waals surface area contributed by atoms with Gasteiger partial charge in [0.25, 0.3) is 0 Å². The number of benzene rings is 1. The number of carbonyl (C=O) groups excluding carboxylic acids is 2. The summed E-state index contributed by atoms with van der Waals surface area (Å²) in [6.07, 6.45) is 3.50. The van der Waals surface area contributed by atoms with Crippen molar-refractivity contribution in [2.45, 2.75) is 32.6 Å². The number of carbonyl (C=O) groups is 2. The van der Waals surface area contributed by atoms with E-state index in [2.05, 4.69) is 6.07 Å². The summed E-state index contributed by atoms with van der Waals surface area (Å²) in [5, 5.41) is 0. The van der Waals surface area contributed by atoms with Gasteiger partial charge in [0.1, 0.15) is 0 Å². The van der Waals surface area contributed by atoms with E-state index < -0.39 is 0 Å². The highest BCUT2D eigenvalue weighted by molar-refractivity contribution is 7.14. The van der Waals surface area contributed by atoms with Gasteiger partial charge in [-0.25, -0.2) is 0 Å². The van der Waals surface area contributed by atoms with Crippen molar-refractivity contribution < 1.29 is 9.59 Å². The van der Waals surface area contributed by atoms with Crippen LogP contribution in [0.2, 0.25) is 0 Å². The summed E-state index contributed by atoms with van der Waals surface area (Å²) in [6.45, 7) is 1.62. The van der Waals surface area contributed by atoms with Crippen molar-refractivity contribution in [1.82, 2.24) is 0 Å². The topological polar surface area (TPSA) is 34.1 Å². The Labute approximate surface area is 121 Å². The van der Waals surface area contributed by atoms with E-state index in [4.69, 9.17) is 0 Å². The molecule has 2 aromatic rings. The third kappa shape index (κ3) is 1.56. The van der Waals surface area contributed by atoms with Crippen LogP contribution in [-0.2, 0) is 19.3 Å². The van der Waals surface area contributed by atoms with Crippen molar-refractivity contribution in [3.05, 3.63) is 44.6 Å². The van der Waals surface area contributed by atoms with Gasteiger partial charge >= 0.3 is 0 Å². The Morgan fingerprint density at radius 1 is 1.10 bits per heavy atom. The molecular weight excluding hydrogens is 268 g/mol. The minimum atomic E-state index is 0.134. The molecular formula is C17H14O2S.